The zero-order chi connectivity index (χ0) is 6.69. The van der Waals surface area contributed by atoms with Crippen LogP contribution in [0, 0.1) is 5.92 Å². The van der Waals surface area contributed by atoms with Gasteiger partial charge < -0.3 is 0 Å². The number of hydrogen-bond acceptors (Lipinski definition) is 0. The highest BCUT2D eigenvalue weighted by atomic mass is 14.2. The van der Waals surface area contributed by atoms with Gasteiger partial charge in [-0.3, -0.25) is 0 Å². The standard InChI is InChI=1S/C9H14/c1-3-9-6-4-8(2)5-7-9/h3,9H,1-2,4-7H2. The highest BCUT2D eigenvalue weighted by Gasteiger charge is 2.10. The van der Waals surface area contributed by atoms with Gasteiger partial charge in [-0.2, -0.15) is 0 Å². The molecule has 1 rings (SSSR count). The van der Waals surface area contributed by atoms with Gasteiger partial charge in [-0.1, -0.05) is 18.2 Å². The van der Waals surface area contributed by atoms with Crippen LogP contribution in [-0.2, 0) is 0 Å². The fourth-order valence-electron chi connectivity index (χ4n) is 1.28. The molecule has 9 heavy (non-hydrogen) atoms. The summed E-state index contributed by atoms with van der Waals surface area (Å²) in [5.74, 6) is 0.774. The second kappa shape index (κ2) is 2.86. The largest absolute Gasteiger partial charge is 0.103 e. The summed E-state index contributed by atoms with van der Waals surface area (Å²) in [6, 6.07) is 0. The first kappa shape index (κ1) is 6.60. The molecule has 1 fully saturated rings. The highest BCUT2D eigenvalue weighted by molar-refractivity contribution is 5.00. The molecular weight excluding hydrogens is 108 g/mol. The van der Waals surface area contributed by atoms with Crippen molar-refractivity contribution in [3.05, 3.63) is 24.8 Å². The molecule has 0 aromatic rings. The molecule has 0 atom stereocenters. The average molecular weight is 122 g/mol. The molecular formula is C9H14. The van der Waals surface area contributed by atoms with E-state index in [9.17, 15) is 0 Å². The van der Waals surface area contributed by atoms with Gasteiger partial charge in [-0.05, 0) is 31.6 Å². The predicted molar refractivity (Wildman–Crippen MR) is 41.3 cm³/mol. The molecule has 0 aliphatic heterocycles. The van der Waals surface area contributed by atoms with Crippen LogP contribution in [0.25, 0.3) is 0 Å². The fraction of sp³-hybridized carbons (Fsp3) is 0.556. The molecule has 1 saturated carbocycles. The molecule has 0 amide bonds. The van der Waals surface area contributed by atoms with Gasteiger partial charge in [-0.15, -0.1) is 6.58 Å². The van der Waals surface area contributed by atoms with Crippen LogP contribution in [0.5, 0.6) is 0 Å². The van der Waals surface area contributed by atoms with Crippen molar-refractivity contribution < 1.29 is 0 Å². The second-order valence-corrected chi connectivity index (χ2v) is 2.82. The van der Waals surface area contributed by atoms with E-state index in [1.165, 1.54) is 31.3 Å². The van der Waals surface area contributed by atoms with Crippen molar-refractivity contribution in [2.75, 3.05) is 0 Å². The predicted octanol–water partition coefficient (Wildman–Crippen LogP) is 2.92. The van der Waals surface area contributed by atoms with Crippen molar-refractivity contribution in [3.8, 4) is 0 Å². The van der Waals surface area contributed by atoms with Crippen LogP contribution in [0.3, 0.4) is 0 Å². The first-order chi connectivity index (χ1) is 4.33. The molecule has 0 spiro atoms. The highest BCUT2D eigenvalue weighted by Crippen LogP contribution is 2.26. The zero-order valence-electron chi connectivity index (χ0n) is 5.90. The molecule has 0 unspecified atom stereocenters. The van der Waals surface area contributed by atoms with Crippen LogP contribution in [0.4, 0.5) is 0 Å². The molecule has 50 valence electrons. The van der Waals surface area contributed by atoms with Crippen molar-refractivity contribution in [3.63, 3.8) is 0 Å². The molecule has 0 nitrogen and oxygen atoms in total. The van der Waals surface area contributed by atoms with Gasteiger partial charge in [0, 0.05) is 0 Å². The van der Waals surface area contributed by atoms with Crippen molar-refractivity contribution in [2.24, 2.45) is 5.92 Å². The Kier molecular flexibility index (Phi) is 2.10. The lowest BCUT2D eigenvalue weighted by atomic mass is 9.87. The molecule has 0 bridgehead atoms. The Hall–Kier alpha value is -0.520. The van der Waals surface area contributed by atoms with E-state index in [-0.39, 0.29) is 0 Å². The molecule has 0 aromatic carbocycles. The molecule has 0 radical (unpaired) electrons. The molecule has 0 saturated heterocycles. The van der Waals surface area contributed by atoms with Gasteiger partial charge >= 0.3 is 0 Å². The van der Waals surface area contributed by atoms with Crippen molar-refractivity contribution >= 4 is 0 Å². The van der Waals surface area contributed by atoms with Gasteiger partial charge in [0.15, 0.2) is 0 Å². The Morgan fingerprint density at radius 2 is 1.89 bits per heavy atom. The first-order valence-electron chi connectivity index (χ1n) is 3.62. The lowest BCUT2D eigenvalue weighted by molar-refractivity contribution is 0.490. The lowest BCUT2D eigenvalue weighted by Crippen LogP contribution is -2.03. The number of rotatable bonds is 1. The molecule has 1 aliphatic rings. The van der Waals surface area contributed by atoms with E-state index in [1.54, 1.807) is 0 Å². The Morgan fingerprint density at radius 1 is 1.33 bits per heavy atom. The minimum atomic E-state index is 0.774. The van der Waals surface area contributed by atoms with E-state index in [2.05, 4.69) is 19.2 Å². The van der Waals surface area contributed by atoms with Crippen molar-refractivity contribution in [2.45, 2.75) is 25.7 Å². The summed E-state index contributed by atoms with van der Waals surface area (Å²) in [6.45, 7) is 7.73. The summed E-state index contributed by atoms with van der Waals surface area (Å²) >= 11 is 0. The molecule has 0 heteroatoms. The van der Waals surface area contributed by atoms with E-state index in [1.807, 2.05) is 0 Å². The van der Waals surface area contributed by atoms with Crippen LogP contribution in [0.2, 0.25) is 0 Å². The normalized spacial score (nSPS) is 22.0. The van der Waals surface area contributed by atoms with Crippen LogP contribution in [0.15, 0.2) is 24.8 Å². The maximum atomic E-state index is 3.95. The topological polar surface area (TPSA) is 0 Å². The molecule has 1 aliphatic carbocycles. The third-order valence-electron chi connectivity index (χ3n) is 2.07. The number of hydrogen-bond donors (Lipinski definition) is 0. The van der Waals surface area contributed by atoms with E-state index in [0.29, 0.717) is 0 Å². The summed E-state index contributed by atoms with van der Waals surface area (Å²) in [7, 11) is 0. The van der Waals surface area contributed by atoms with E-state index < -0.39 is 0 Å². The summed E-state index contributed by atoms with van der Waals surface area (Å²) in [5.41, 5.74) is 1.42. The number of allylic oxidation sites excluding steroid dienone is 2. The van der Waals surface area contributed by atoms with Gasteiger partial charge in [-0.25, -0.2) is 0 Å². The summed E-state index contributed by atoms with van der Waals surface area (Å²) in [5, 5.41) is 0. The fourth-order valence-corrected chi connectivity index (χ4v) is 1.28. The molecule has 0 heterocycles. The SMILES string of the molecule is C=CC1CCC(=C)CC1. The van der Waals surface area contributed by atoms with Crippen LogP contribution in [-0.4, -0.2) is 0 Å². The first-order valence-corrected chi connectivity index (χ1v) is 3.62. The third kappa shape index (κ3) is 1.70. The Morgan fingerprint density at radius 3 is 2.33 bits per heavy atom. The monoisotopic (exact) mass is 122 g/mol. The lowest BCUT2D eigenvalue weighted by Gasteiger charge is -2.19. The minimum Gasteiger partial charge on any atom is -0.103 e. The Labute approximate surface area is 57.3 Å². The van der Waals surface area contributed by atoms with Crippen LogP contribution >= 0.6 is 0 Å². The van der Waals surface area contributed by atoms with Gasteiger partial charge in [0.1, 0.15) is 0 Å². The Balaban J connectivity index is 2.34. The van der Waals surface area contributed by atoms with Crippen molar-refractivity contribution in [1.82, 2.24) is 0 Å². The third-order valence-corrected chi connectivity index (χ3v) is 2.07. The molecule has 0 aromatic heterocycles. The van der Waals surface area contributed by atoms with Gasteiger partial charge in [0.05, 0.1) is 0 Å². The van der Waals surface area contributed by atoms with Crippen LogP contribution < -0.4 is 0 Å². The summed E-state index contributed by atoms with van der Waals surface area (Å²) in [4.78, 5) is 0. The van der Waals surface area contributed by atoms with E-state index in [0.717, 1.165) is 5.92 Å². The summed E-state index contributed by atoms with van der Waals surface area (Å²) < 4.78 is 0. The van der Waals surface area contributed by atoms with Crippen molar-refractivity contribution in [1.29, 1.82) is 0 Å². The summed E-state index contributed by atoms with van der Waals surface area (Å²) in [6.07, 6.45) is 7.07. The van der Waals surface area contributed by atoms with E-state index >= 15 is 0 Å². The second-order valence-electron chi connectivity index (χ2n) is 2.82. The average Bonchev–Trinajstić information content (AvgIpc) is 1.90. The maximum Gasteiger partial charge on any atom is -0.0230 e. The maximum absolute atomic E-state index is 3.95. The van der Waals surface area contributed by atoms with Gasteiger partial charge in [0.2, 0.25) is 0 Å². The minimum absolute atomic E-state index is 0.774. The smallest absolute Gasteiger partial charge is 0.0230 e. The van der Waals surface area contributed by atoms with Gasteiger partial charge in [0.25, 0.3) is 0 Å². The quantitative estimate of drug-likeness (QED) is 0.469. The zero-order valence-corrected chi connectivity index (χ0v) is 5.90. The van der Waals surface area contributed by atoms with Crippen LogP contribution in [0.1, 0.15) is 25.7 Å². The molecule has 0 N–H and O–H groups in total. The Bertz CT molecular complexity index is 112. The van der Waals surface area contributed by atoms with E-state index in [4.69, 9.17) is 0 Å².